The molecule has 1 atom stereocenters. The van der Waals surface area contributed by atoms with Crippen LogP contribution in [0.4, 0.5) is 0 Å². The monoisotopic (exact) mass is 278 g/mol. The molecule has 5 nitrogen and oxygen atoms in total. The molecule has 0 bridgehead atoms. The number of nitrogens with one attached hydrogen (secondary N) is 1. The van der Waals surface area contributed by atoms with E-state index in [0.717, 1.165) is 27.8 Å². The second kappa shape index (κ2) is 4.43. The Kier molecular flexibility index (Phi) is 2.55. The fourth-order valence-corrected chi connectivity index (χ4v) is 2.53. The average molecular weight is 278 g/mol. The van der Waals surface area contributed by atoms with E-state index in [4.69, 9.17) is 0 Å². The van der Waals surface area contributed by atoms with Gasteiger partial charge in [-0.3, -0.25) is 4.57 Å². The summed E-state index contributed by atoms with van der Waals surface area (Å²) in [7, 11) is 0. The molecule has 0 aliphatic heterocycles. The molecule has 2 aromatic heterocycles. The molecule has 1 unspecified atom stereocenters. The van der Waals surface area contributed by atoms with Gasteiger partial charge in [-0.1, -0.05) is 12.1 Å². The van der Waals surface area contributed by atoms with E-state index in [9.17, 15) is 5.11 Å². The maximum absolute atomic E-state index is 9.61. The van der Waals surface area contributed by atoms with Crippen LogP contribution in [0.15, 0.2) is 48.8 Å². The highest BCUT2D eigenvalue weighted by molar-refractivity contribution is 5.81. The van der Waals surface area contributed by atoms with Gasteiger partial charge >= 0.3 is 0 Å². The second-order valence-corrected chi connectivity index (χ2v) is 5.10. The molecule has 0 spiro atoms. The van der Waals surface area contributed by atoms with E-state index in [1.54, 1.807) is 6.92 Å². The second-order valence-electron chi connectivity index (χ2n) is 5.10. The maximum Gasteiger partial charge on any atom is 0.135 e. The molecular weight excluding hydrogens is 264 g/mol. The summed E-state index contributed by atoms with van der Waals surface area (Å²) in [4.78, 5) is 11.9. The number of nitrogens with zero attached hydrogens (tertiary/aromatic N) is 3. The molecule has 4 aromatic rings. The smallest absolute Gasteiger partial charge is 0.135 e. The number of benzene rings is 2. The van der Waals surface area contributed by atoms with E-state index in [0.29, 0.717) is 5.82 Å². The van der Waals surface area contributed by atoms with Crippen molar-refractivity contribution >= 4 is 22.1 Å². The van der Waals surface area contributed by atoms with Crippen LogP contribution >= 0.6 is 0 Å². The lowest BCUT2D eigenvalue weighted by atomic mass is 10.2. The van der Waals surface area contributed by atoms with Crippen molar-refractivity contribution in [3.63, 3.8) is 0 Å². The zero-order valence-corrected chi connectivity index (χ0v) is 11.5. The van der Waals surface area contributed by atoms with Crippen molar-refractivity contribution in [3.05, 3.63) is 54.6 Å². The summed E-state index contributed by atoms with van der Waals surface area (Å²) in [6.45, 7) is 1.70. The minimum absolute atomic E-state index is 0.581. The van der Waals surface area contributed by atoms with Crippen molar-refractivity contribution in [2.45, 2.75) is 13.0 Å². The summed E-state index contributed by atoms with van der Waals surface area (Å²) in [6, 6.07) is 14.0. The van der Waals surface area contributed by atoms with E-state index >= 15 is 0 Å². The molecule has 104 valence electrons. The van der Waals surface area contributed by atoms with Gasteiger partial charge in [0, 0.05) is 5.69 Å². The molecule has 5 heteroatoms. The first-order chi connectivity index (χ1) is 10.2. The number of rotatable bonds is 2. The number of aliphatic hydroxyl groups excluding tert-OH is 1. The number of hydrogen-bond acceptors (Lipinski definition) is 3. The summed E-state index contributed by atoms with van der Waals surface area (Å²) < 4.78 is 2.04. The molecule has 0 saturated heterocycles. The van der Waals surface area contributed by atoms with Gasteiger partial charge < -0.3 is 10.1 Å². The number of aliphatic hydroxyl groups is 1. The Bertz CT molecular complexity index is 936. The van der Waals surface area contributed by atoms with Crippen molar-refractivity contribution < 1.29 is 5.11 Å². The molecule has 0 aliphatic rings. The largest absolute Gasteiger partial charge is 0.385 e. The van der Waals surface area contributed by atoms with Crippen molar-refractivity contribution in [2.24, 2.45) is 0 Å². The van der Waals surface area contributed by atoms with Gasteiger partial charge in [-0.05, 0) is 37.3 Å². The summed E-state index contributed by atoms with van der Waals surface area (Å²) in [6.07, 6.45) is 1.22. The first kappa shape index (κ1) is 12.1. The maximum atomic E-state index is 9.61. The molecule has 4 rings (SSSR count). The lowest BCUT2D eigenvalue weighted by Crippen LogP contribution is -1.92. The van der Waals surface area contributed by atoms with Gasteiger partial charge in [-0.25, -0.2) is 9.97 Å². The first-order valence-electron chi connectivity index (χ1n) is 6.82. The number of imidazole rings is 2. The van der Waals surface area contributed by atoms with Crippen molar-refractivity contribution in [1.82, 2.24) is 19.5 Å². The predicted octanol–water partition coefficient (Wildman–Crippen LogP) is 2.96. The molecule has 21 heavy (non-hydrogen) atoms. The number of H-pyrrole nitrogens is 1. The quantitative estimate of drug-likeness (QED) is 0.592. The topological polar surface area (TPSA) is 66.7 Å². The van der Waals surface area contributed by atoms with E-state index in [1.807, 2.05) is 53.4 Å². The van der Waals surface area contributed by atoms with Crippen LogP contribution in [0.2, 0.25) is 0 Å². The van der Waals surface area contributed by atoms with E-state index in [2.05, 4.69) is 15.0 Å². The van der Waals surface area contributed by atoms with E-state index in [-0.39, 0.29) is 0 Å². The van der Waals surface area contributed by atoms with Crippen LogP contribution in [0.1, 0.15) is 18.9 Å². The van der Waals surface area contributed by atoms with Crippen LogP contribution in [0, 0.1) is 0 Å². The van der Waals surface area contributed by atoms with Crippen LogP contribution in [0.3, 0.4) is 0 Å². The summed E-state index contributed by atoms with van der Waals surface area (Å²) in [5.41, 5.74) is 4.79. The van der Waals surface area contributed by atoms with Gasteiger partial charge in [0.15, 0.2) is 0 Å². The number of para-hydroxylation sites is 2. The Morgan fingerprint density at radius 1 is 1.14 bits per heavy atom. The fraction of sp³-hybridized carbons (Fsp3) is 0.125. The third-order valence-corrected chi connectivity index (χ3v) is 3.61. The number of hydrogen-bond donors (Lipinski definition) is 2. The normalized spacial score (nSPS) is 13.0. The van der Waals surface area contributed by atoms with Crippen molar-refractivity contribution in [1.29, 1.82) is 0 Å². The lowest BCUT2D eigenvalue weighted by Gasteiger charge is -2.03. The van der Waals surface area contributed by atoms with Crippen LogP contribution in [0.5, 0.6) is 0 Å². The number of aromatic nitrogens is 4. The van der Waals surface area contributed by atoms with Crippen LogP contribution in [-0.4, -0.2) is 24.6 Å². The van der Waals surface area contributed by atoms with Gasteiger partial charge in [-0.2, -0.15) is 0 Å². The Morgan fingerprint density at radius 2 is 2.00 bits per heavy atom. The molecule has 0 radical (unpaired) electrons. The molecular formula is C16H14N4O. The minimum atomic E-state index is -0.602. The molecule has 2 N–H and O–H groups in total. The highest BCUT2D eigenvalue weighted by Crippen LogP contribution is 2.22. The van der Waals surface area contributed by atoms with Crippen molar-refractivity contribution in [2.75, 3.05) is 0 Å². The average Bonchev–Trinajstić information content (AvgIpc) is 3.10. The van der Waals surface area contributed by atoms with Gasteiger partial charge in [0.2, 0.25) is 0 Å². The molecule has 2 aromatic carbocycles. The molecule has 0 aliphatic carbocycles. The Morgan fingerprint density at radius 3 is 2.86 bits per heavy atom. The summed E-state index contributed by atoms with van der Waals surface area (Å²) in [5.74, 6) is 0.581. The molecule has 0 saturated carbocycles. The predicted molar refractivity (Wildman–Crippen MR) is 81.4 cm³/mol. The van der Waals surface area contributed by atoms with E-state index in [1.165, 1.54) is 0 Å². The third-order valence-electron chi connectivity index (χ3n) is 3.61. The Hall–Kier alpha value is -2.66. The van der Waals surface area contributed by atoms with Gasteiger partial charge in [-0.15, -0.1) is 0 Å². The van der Waals surface area contributed by atoms with E-state index < -0.39 is 6.10 Å². The van der Waals surface area contributed by atoms with Crippen LogP contribution in [-0.2, 0) is 0 Å². The fourth-order valence-electron chi connectivity index (χ4n) is 2.53. The number of fused-ring (bicyclic) bond motifs is 2. The Balaban J connectivity index is 1.90. The summed E-state index contributed by atoms with van der Waals surface area (Å²) >= 11 is 0. The zero-order chi connectivity index (χ0) is 14.4. The molecule has 0 fully saturated rings. The number of aromatic amines is 1. The minimum Gasteiger partial charge on any atom is -0.385 e. The zero-order valence-electron chi connectivity index (χ0n) is 11.5. The van der Waals surface area contributed by atoms with Gasteiger partial charge in [0.05, 0.1) is 22.1 Å². The lowest BCUT2D eigenvalue weighted by molar-refractivity contribution is 0.190. The molecule has 0 amide bonds. The summed E-state index contributed by atoms with van der Waals surface area (Å²) in [5, 5.41) is 9.61. The van der Waals surface area contributed by atoms with Crippen LogP contribution < -0.4 is 0 Å². The van der Waals surface area contributed by atoms with Gasteiger partial charge in [0.1, 0.15) is 18.3 Å². The first-order valence-corrected chi connectivity index (χ1v) is 6.82. The van der Waals surface area contributed by atoms with Crippen LogP contribution in [0.25, 0.3) is 27.8 Å². The Labute approximate surface area is 120 Å². The van der Waals surface area contributed by atoms with Crippen molar-refractivity contribution in [3.8, 4) is 5.69 Å². The molecule has 2 heterocycles. The van der Waals surface area contributed by atoms with Gasteiger partial charge in [0.25, 0.3) is 0 Å². The SMILES string of the molecule is CC(O)c1nc2ccc(-n3cnc4ccccc43)cc2[nH]1. The third kappa shape index (κ3) is 1.90. The highest BCUT2D eigenvalue weighted by Gasteiger charge is 2.09. The highest BCUT2D eigenvalue weighted by atomic mass is 16.3. The standard InChI is InChI=1S/C16H14N4O/c1-10(21)16-18-12-7-6-11(8-14(12)19-16)20-9-17-13-4-2-3-5-15(13)20/h2-10,21H,1H3,(H,18,19).